The minimum absolute atomic E-state index is 0.146. The Labute approximate surface area is 135 Å². The molecule has 0 saturated carbocycles. The Morgan fingerprint density at radius 2 is 2.09 bits per heavy atom. The third kappa shape index (κ3) is 3.29. The molecule has 0 N–H and O–H groups in total. The van der Waals surface area contributed by atoms with Crippen molar-refractivity contribution in [2.24, 2.45) is 0 Å². The summed E-state index contributed by atoms with van der Waals surface area (Å²) in [6.45, 7) is 1.74. The molecule has 8 heteroatoms. The lowest BCUT2D eigenvalue weighted by Crippen LogP contribution is -2.11. The first-order valence-electron chi connectivity index (χ1n) is 6.61. The van der Waals surface area contributed by atoms with Gasteiger partial charge in [-0.05, 0) is 12.5 Å². The van der Waals surface area contributed by atoms with E-state index < -0.39 is 29.3 Å². The summed E-state index contributed by atoms with van der Waals surface area (Å²) in [7, 11) is 1.15. The Hall–Kier alpha value is -2.15. The van der Waals surface area contributed by atoms with E-state index in [0.29, 0.717) is 12.1 Å². The molecule has 0 aliphatic carbocycles. The zero-order chi connectivity index (χ0) is 17.1. The summed E-state index contributed by atoms with van der Waals surface area (Å²) < 4.78 is 45.1. The molecule has 23 heavy (non-hydrogen) atoms. The normalized spacial score (nSPS) is 10.9. The number of nitrogens with zero attached hydrogens (tertiary/aromatic N) is 2. The highest BCUT2D eigenvalue weighted by atomic mass is 35.5. The van der Waals surface area contributed by atoms with Crippen LogP contribution >= 0.6 is 11.6 Å². The number of ether oxygens (including phenoxy) is 1. The molecule has 4 nitrogen and oxygen atoms in total. The second kappa shape index (κ2) is 6.95. The number of methoxy groups -OCH3 is 1. The summed E-state index contributed by atoms with van der Waals surface area (Å²) in [6.07, 6.45) is -1.44. The van der Waals surface area contributed by atoms with E-state index in [4.69, 9.17) is 11.6 Å². The van der Waals surface area contributed by atoms with E-state index >= 15 is 0 Å². The molecule has 0 unspecified atom stereocenters. The smallest absolute Gasteiger partial charge is 0.358 e. The molecule has 1 heterocycles. The fraction of sp³-hybridized carbons (Fsp3) is 0.267. The number of carbonyl (C=O) groups is 1. The number of rotatable bonds is 4. The number of benzene rings is 1. The topological polar surface area (TPSA) is 52.1 Å². The van der Waals surface area contributed by atoms with Gasteiger partial charge in [-0.2, -0.15) is 0 Å². The third-order valence-corrected chi connectivity index (χ3v) is 3.47. The van der Waals surface area contributed by atoms with Crippen molar-refractivity contribution in [3.63, 3.8) is 0 Å². The summed E-state index contributed by atoms with van der Waals surface area (Å²) in [5.41, 5.74) is -1.10. The van der Waals surface area contributed by atoms with E-state index in [0.717, 1.165) is 25.4 Å². The Morgan fingerprint density at radius 3 is 2.65 bits per heavy atom. The largest absolute Gasteiger partial charge is 0.464 e. The Bertz CT molecular complexity index is 754. The van der Waals surface area contributed by atoms with Gasteiger partial charge >= 0.3 is 5.97 Å². The van der Waals surface area contributed by atoms with E-state index in [1.807, 2.05) is 0 Å². The minimum Gasteiger partial charge on any atom is -0.464 e. The van der Waals surface area contributed by atoms with Gasteiger partial charge in [0, 0.05) is 11.1 Å². The molecular formula is C15H12ClF3N2O2. The van der Waals surface area contributed by atoms with Crippen molar-refractivity contribution in [1.29, 1.82) is 0 Å². The highest BCUT2D eigenvalue weighted by Crippen LogP contribution is 2.35. The number of aryl methyl sites for hydroxylation is 1. The molecule has 1 aromatic heterocycles. The average Bonchev–Trinajstić information content (AvgIpc) is 2.55. The van der Waals surface area contributed by atoms with Crippen molar-refractivity contribution in [2.75, 3.05) is 7.11 Å². The number of hydrogen-bond donors (Lipinski definition) is 0. The van der Waals surface area contributed by atoms with Crippen LogP contribution in [0.1, 0.15) is 35.1 Å². The van der Waals surface area contributed by atoms with Crippen LogP contribution in [0.15, 0.2) is 18.3 Å². The van der Waals surface area contributed by atoms with Gasteiger partial charge in [0.05, 0.1) is 29.7 Å². The van der Waals surface area contributed by atoms with Crippen molar-refractivity contribution in [1.82, 2.24) is 9.97 Å². The van der Waals surface area contributed by atoms with Gasteiger partial charge in [-0.15, -0.1) is 0 Å². The number of alkyl halides is 2. The summed E-state index contributed by atoms with van der Waals surface area (Å²) in [5.74, 6) is -1.82. The Kier molecular flexibility index (Phi) is 5.20. The molecule has 0 fully saturated rings. The Balaban J connectivity index is 2.72. The van der Waals surface area contributed by atoms with Gasteiger partial charge in [0.15, 0.2) is 11.5 Å². The molecule has 0 amide bonds. The van der Waals surface area contributed by atoms with Crippen LogP contribution in [0.2, 0.25) is 5.02 Å². The summed E-state index contributed by atoms with van der Waals surface area (Å²) in [4.78, 5) is 19.7. The zero-order valence-corrected chi connectivity index (χ0v) is 13.0. The van der Waals surface area contributed by atoms with E-state index in [1.165, 1.54) is 0 Å². The van der Waals surface area contributed by atoms with Crippen molar-refractivity contribution in [3.8, 4) is 11.3 Å². The number of esters is 1. The lowest BCUT2D eigenvalue weighted by Gasteiger charge is -2.12. The lowest BCUT2D eigenvalue weighted by molar-refractivity contribution is 0.0592. The van der Waals surface area contributed by atoms with Crippen molar-refractivity contribution in [3.05, 3.63) is 46.1 Å². The fourth-order valence-corrected chi connectivity index (χ4v) is 2.22. The van der Waals surface area contributed by atoms with Crippen LogP contribution in [-0.2, 0) is 11.2 Å². The first-order valence-corrected chi connectivity index (χ1v) is 6.99. The number of halogens is 4. The molecule has 2 aromatic rings. The highest BCUT2D eigenvalue weighted by molar-refractivity contribution is 6.31. The quantitative estimate of drug-likeness (QED) is 0.779. The average molecular weight is 345 g/mol. The molecule has 2 rings (SSSR count). The molecule has 0 bridgehead atoms. The van der Waals surface area contributed by atoms with Crippen LogP contribution < -0.4 is 0 Å². The second-order valence-electron chi connectivity index (χ2n) is 4.52. The monoisotopic (exact) mass is 344 g/mol. The van der Waals surface area contributed by atoms with Gasteiger partial charge in [-0.25, -0.2) is 22.9 Å². The summed E-state index contributed by atoms with van der Waals surface area (Å²) in [6, 6.07) is 2.05. The number of hydrogen-bond acceptors (Lipinski definition) is 4. The fourth-order valence-electron chi connectivity index (χ4n) is 2.06. The molecule has 0 atom stereocenters. The van der Waals surface area contributed by atoms with E-state index in [2.05, 4.69) is 14.7 Å². The van der Waals surface area contributed by atoms with E-state index in [-0.39, 0.29) is 16.4 Å². The molecule has 0 saturated heterocycles. The van der Waals surface area contributed by atoms with Gasteiger partial charge in [0.2, 0.25) is 0 Å². The first kappa shape index (κ1) is 17.2. The maximum atomic E-state index is 14.3. The summed E-state index contributed by atoms with van der Waals surface area (Å²) >= 11 is 5.67. The number of aromatic nitrogens is 2. The van der Waals surface area contributed by atoms with Gasteiger partial charge in [-0.3, -0.25) is 4.98 Å². The number of carbonyl (C=O) groups excluding carboxylic acids is 1. The standard InChI is InChI=1S/C15H12ClF3N2O2/c1-3-9-13(15(22)23-2)21-10(6-20-9)11-7(14(18)19)4-5-8(16)12(11)17/h4-6,14H,3H2,1-2H3. The highest BCUT2D eigenvalue weighted by Gasteiger charge is 2.24. The zero-order valence-electron chi connectivity index (χ0n) is 12.2. The van der Waals surface area contributed by atoms with Crippen LogP contribution in [-0.4, -0.2) is 23.0 Å². The predicted octanol–water partition coefficient (Wildman–Crippen LogP) is 4.22. The van der Waals surface area contributed by atoms with Crippen molar-refractivity contribution >= 4 is 17.6 Å². The van der Waals surface area contributed by atoms with Crippen LogP contribution in [0.3, 0.4) is 0 Å². The maximum absolute atomic E-state index is 14.3. The van der Waals surface area contributed by atoms with Gasteiger partial charge in [0.1, 0.15) is 0 Å². The summed E-state index contributed by atoms with van der Waals surface area (Å²) in [5, 5.41) is -0.328. The van der Waals surface area contributed by atoms with Gasteiger partial charge in [-0.1, -0.05) is 24.6 Å². The van der Waals surface area contributed by atoms with Crippen molar-refractivity contribution < 1.29 is 22.7 Å². The van der Waals surface area contributed by atoms with Crippen LogP contribution in [0.5, 0.6) is 0 Å². The Morgan fingerprint density at radius 1 is 1.39 bits per heavy atom. The molecular weight excluding hydrogens is 333 g/mol. The molecule has 0 aliphatic rings. The predicted molar refractivity (Wildman–Crippen MR) is 78.1 cm³/mol. The third-order valence-electron chi connectivity index (χ3n) is 3.18. The SMILES string of the molecule is CCc1ncc(-c2c(C(F)F)ccc(Cl)c2F)nc1C(=O)OC. The van der Waals surface area contributed by atoms with Crippen molar-refractivity contribution in [2.45, 2.75) is 19.8 Å². The maximum Gasteiger partial charge on any atom is 0.358 e. The molecule has 0 radical (unpaired) electrons. The first-order chi connectivity index (χ1) is 10.9. The van der Waals surface area contributed by atoms with Crippen LogP contribution in [0.4, 0.5) is 13.2 Å². The second-order valence-corrected chi connectivity index (χ2v) is 4.93. The van der Waals surface area contributed by atoms with Crippen LogP contribution in [0.25, 0.3) is 11.3 Å². The van der Waals surface area contributed by atoms with Gasteiger partial charge in [0.25, 0.3) is 6.43 Å². The molecule has 122 valence electrons. The van der Waals surface area contributed by atoms with Gasteiger partial charge < -0.3 is 4.74 Å². The van der Waals surface area contributed by atoms with E-state index in [9.17, 15) is 18.0 Å². The molecule has 1 aromatic carbocycles. The lowest BCUT2D eigenvalue weighted by atomic mass is 10.0. The molecule has 0 spiro atoms. The molecule has 0 aliphatic heterocycles. The minimum atomic E-state index is -2.94. The van der Waals surface area contributed by atoms with Crippen LogP contribution in [0, 0.1) is 5.82 Å². The van der Waals surface area contributed by atoms with E-state index in [1.54, 1.807) is 6.92 Å².